The van der Waals surface area contributed by atoms with E-state index >= 15 is 0 Å². The maximum Gasteiger partial charge on any atom is 0.306 e. The van der Waals surface area contributed by atoms with Gasteiger partial charge in [-0.05, 0) is 77.0 Å². The predicted molar refractivity (Wildman–Crippen MR) is 289 cm³/mol. The van der Waals surface area contributed by atoms with Crippen molar-refractivity contribution >= 4 is 17.9 Å². The highest BCUT2D eigenvalue weighted by Gasteiger charge is 2.19. The quantitative estimate of drug-likeness (QED) is 0.0262. The van der Waals surface area contributed by atoms with Crippen molar-refractivity contribution in [1.29, 1.82) is 0 Å². The summed E-state index contributed by atoms with van der Waals surface area (Å²) in [5, 5.41) is 0. The molecule has 0 N–H and O–H groups in total. The van der Waals surface area contributed by atoms with Gasteiger partial charge >= 0.3 is 17.9 Å². The molecule has 0 radical (unpaired) electrons. The van der Waals surface area contributed by atoms with E-state index in [1.54, 1.807) is 0 Å². The van der Waals surface area contributed by atoms with Gasteiger partial charge in [-0.1, -0.05) is 256 Å². The van der Waals surface area contributed by atoms with Gasteiger partial charge in [0.1, 0.15) is 13.2 Å². The molecule has 0 fully saturated rings. The van der Waals surface area contributed by atoms with Crippen molar-refractivity contribution in [2.24, 2.45) is 0 Å². The number of rotatable bonds is 54. The maximum atomic E-state index is 12.8. The van der Waals surface area contributed by atoms with Gasteiger partial charge in [-0.2, -0.15) is 0 Å². The molecule has 0 saturated carbocycles. The second-order valence-electron chi connectivity index (χ2n) is 19.9. The van der Waals surface area contributed by atoms with Crippen LogP contribution < -0.4 is 0 Å². The zero-order valence-electron chi connectivity index (χ0n) is 44.9. The Kier molecular flexibility index (Phi) is 54.2. The number of carbonyl (C=O) groups excluding carboxylic acids is 3. The Labute approximate surface area is 416 Å². The molecule has 0 aromatic heterocycles. The number of ether oxygens (including phenoxy) is 3. The lowest BCUT2D eigenvalue weighted by Gasteiger charge is -2.18. The molecular formula is C61H112O6. The van der Waals surface area contributed by atoms with E-state index in [9.17, 15) is 14.4 Å². The molecule has 0 aliphatic heterocycles. The second kappa shape index (κ2) is 56.2. The first-order chi connectivity index (χ1) is 33.0. The van der Waals surface area contributed by atoms with Crippen LogP contribution in [-0.2, 0) is 28.6 Å². The molecule has 0 saturated heterocycles. The highest BCUT2D eigenvalue weighted by molar-refractivity contribution is 5.71. The van der Waals surface area contributed by atoms with E-state index in [0.717, 1.165) is 83.5 Å². The SMILES string of the molecule is CCCCCC/C=C\C/C=C\CCCCCCCC(=O)OC(COC(=O)CCCCCCCC)COC(=O)CCCCCCCCCCCCCCCCC/C=C\CCCCCCCCCC. The third kappa shape index (κ3) is 54.4. The number of carbonyl (C=O) groups is 3. The Morgan fingerprint density at radius 2 is 0.537 bits per heavy atom. The van der Waals surface area contributed by atoms with E-state index in [4.69, 9.17) is 14.2 Å². The number of esters is 3. The van der Waals surface area contributed by atoms with E-state index in [2.05, 4.69) is 57.2 Å². The molecule has 0 rings (SSSR count). The van der Waals surface area contributed by atoms with Gasteiger partial charge in [0.25, 0.3) is 0 Å². The minimum Gasteiger partial charge on any atom is -0.462 e. The van der Waals surface area contributed by atoms with Crippen molar-refractivity contribution in [3.05, 3.63) is 36.5 Å². The van der Waals surface area contributed by atoms with E-state index in [-0.39, 0.29) is 31.1 Å². The first kappa shape index (κ1) is 64.6. The summed E-state index contributed by atoms with van der Waals surface area (Å²) in [7, 11) is 0. The van der Waals surface area contributed by atoms with Crippen LogP contribution in [0.5, 0.6) is 0 Å². The monoisotopic (exact) mass is 941 g/mol. The van der Waals surface area contributed by atoms with E-state index in [1.165, 1.54) is 193 Å². The molecular weight excluding hydrogens is 829 g/mol. The molecule has 0 amide bonds. The molecule has 0 aromatic rings. The van der Waals surface area contributed by atoms with Crippen LogP contribution in [0.3, 0.4) is 0 Å². The third-order valence-corrected chi connectivity index (χ3v) is 13.1. The fraction of sp³-hybridized carbons (Fsp3) is 0.852. The summed E-state index contributed by atoms with van der Waals surface area (Å²) < 4.78 is 16.7. The summed E-state index contributed by atoms with van der Waals surface area (Å²) in [4.78, 5) is 37.8. The Bertz CT molecular complexity index is 1130. The Hall–Kier alpha value is -2.37. The van der Waals surface area contributed by atoms with Crippen LogP contribution >= 0.6 is 0 Å². The maximum absolute atomic E-state index is 12.8. The normalized spacial score (nSPS) is 12.2. The average Bonchev–Trinajstić information content (AvgIpc) is 3.33. The molecule has 0 spiro atoms. The van der Waals surface area contributed by atoms with Gasteiger partial charge in [0.2, 0.25) is 0 Å². The molecule has 6 heteroatoms. The minimum atomic E-state index is -0.774. The lowest BCUT2D eigenvalue weighted by atomic mass is 10.0. The van der Waals surface area contributed by atoms with Crippen molar-refractivity contribution < 1.29 is 28.6 Å². The van der Waals surface area contributed by atoms with E-state index < -0.39 is 6.10 Å². The molecule has 0 bridgehead atoms. The topological polar surface area (TPSA) is 78.9 Å². The van der Waals surface area contributed by atoms with Gasteiger partial charge in [-0.25, -0.2) is 0 Å². The molecule has 0 aliphatic rings. The smallest absolute Gasteiger partial charge is 0.306 e. The van der Waals surface area contributed by atoms with Crippen molar-refractivity contribution in [1.82, 2.24) is 0 Å². The summed E-state index contributed by atoms with van der Waals surface area (Å²) >= 11 is 0. The molecule has 392 valence electrons. The summed E-state index contributed by atoms with van der Waals surface area (Å²) in [6.07, 6.45) is 67.5. The fourth-order valence-corrected chi connectivity index (χ4v) is 8.65. The van der Waals surface area contributed by atoms with Crippen LogP contribution in [0.4, 0.5) is 0 Å². The van der Waals surface area contributed by atoms with Gasteiger partial charge < -0.3 is 14.2 Å². The van der Waals surface area contributed by atoms with Gasteiger partial charge in [0.15, 0.2) is 6.10 Å². The highest BCUT2D eigenvalue weighted by atomic mass is 16.6. The zero-order valence-corrected chi connectivity index (χ0v) is 44.9. The largest absolute Gasteiger partial charge is 0.462 e. The predicted octanol–water partition coefficient (Wildman–Crippen LogP) is 19.7. The zero-order chi connectivity index (χ0) is 48.6. The number of unbranched alkanes of at least 4 members (excludes halogenated alkanes) is 37. The van der Waals surface area contributed by atoms with Crippen LogP contribution in [0.25, 0.3) is 0 Å². The van der Waals surface area contributed by atoms with E-state index in [1.807, 2.05) is 0 Å². The molecule has 0 aliphatic carbocycles. The minimum absolute atomic E-state index is 0.0749. The summed E-state index contributed by atoms with van der Waals surface area (Å²) in [6.45, 7) is 6.58. The van der Waals surface area contributed by atoms with Gasteiger partial charge in [-0.15, -0.1) is 0 Å². The van der Waals surface area contributed by atoms with Crippen molar-refractivity contribution in [2.75, 3.05) is 13.2 Å². The molecule has 6 nitrogen and oxygen atoms in total. The van der Waals surface area contributed by atoms with Crippen LogP contribution in [0, 0.1) is 0 Å². The van der Waals surface area contributed by atoms with Gasteiger partial charge in [0.05, 0.1) is 0 Å². The molecule has 67 heavy (non-hydrogen) atoms. The average molecular weight is 942 g/mol. The number of hydrogen-bond donors (Lipinski definition) is 0. The Balaban J connectivity index is 4.05. The Morgan fingerprint density at radius 3 is 0.851 bits per heavy atom. The van der Waals surface area contributed by atoms with Crippen LogP contribution in [0.15, 0.2) is 36.5 Å². The molecule has 0 aromatic carbocycles. The van der Waals surface area contributed by atoms with Crippen LogP contribution in [0.1, 0.15) is 316 Å². The third-order valence-electron chi connectivity index (χ3n) is 13.1. The fourth-order valence-electron chi connectivity index (χ4n) is 8.65. The Morgan fingerprint density at radius 1 is 0.299 bits per heavy atom. The second-order valence-corrected chi connectivity index (χ2v) is 19.9. The lowest BCUT2D eigenvalue weighted by Crippen LogP contribution is -2.30. The van der Waals surface area contributed by atoms with Gasteiger partial charge in [-0.3, -0.25) is 14.4 Å². The standard InChI is InChI=1S/C61H112O6/c1-4-7-10-13-16-18-20-22-24-26-27-28-29-30-31-32-33-34-35-36-38-39-41-43-45-48-51-54-60(63)66-57-58(56-65-59(62)53-50-47-15-12-9-6-3)67-61(64)55-52-49-46-44-42-40-37-25-23-21-19-17-14-11-8-5-2/h19,21,25-27,37,58H,4-18,20,22-24,28-36,38-57H2,1-3H3/b21-19-,27-26-,37-25-. The highest BCUT2D eigenvalue weighted by Crippen LogP contribution is 2.16. The van der Waals surface area contributed by atoms with Crippen molar-refractivity contribution in [2.45, 2.75) is 322 Å². The molecule has 1 unspecified atom stereocenters. The van der Waals surface area contributed by atoms with Gasteiger partial charge in [0, 0.05) is 19.3 Å². The summed E-state index contributed by atoms with van der Waals surface area (Å²) in [5.41, 5.74) is 0. The van der Waals surface area contributed by atoms with Crippen LogP contribution in [0.2, 0.25) is 0 Å². The molecule has 1 atom stereocenters. The molecule has 0 heterocycles. The number of hydrogen-bond acceptors (Lipinski definition) is 6. The lowest BCUT2D eigenvalue weighted by molar-refractivity contribution is -0.167. The number of allylic oxidation sites excluding steroid dienone is 6. The van der Waals surface area contributed by atoms with Crippen LogP contribution in [-0.4, -0.2) is 37.2 Å². The summed E-state index contributed by atoms with van der Waals surface area (Å²) in [5.74, 6) is -0.885. The summed E-state index contributed by atoms with van der Waals surface area (Å²) in [6, 6.07) is 0. The van der Waals surface area contributed by atoms with E-state index in [0.29, 0.717) is 19.3 Å². The first-order valence-electron chi connectivity index (χ1n) is 29.5. The van der Waals surface area contributed by atoms with Crippen molar-refractivity contribution in [3.63, 3.8) is 0 Å². The first-order valence-corrected chi connectivity index (χ1v) is 29.5. The van der Waals surface area contributed by atoms with Crippen molar-refractivity contribution in [3.8, 4) is 0 Å².